The van der Waals surface area contributed by atoms with Gasteiger partial charge in [-0.05, 0) is 18.3 Å². The Balaban J connectivity index is 2.14. The highest BCUT2D eigenvalue weighted by molar-refractivity contribution is 5.37. The highest BCUT2D eigenvalue weighted by Gasteiger charge is 2.35. The lowest BCUT2D eigenvalue weighted by atomic mass is 9.78. The van der Waals surface area contributed by atoms with Crippen LogP contribution in [0.4, 0.5) is 5.82 Å². The Bertz CT molecular complexity index is 561. The third kappa shape index (κ3) is 5.65. The van der Waals surface area contributed by atoms with Crippen LogP contribution >= 0.6 is 0 Å². The minimum absolute atomic E-state index is 0.0952. The molecule has 0 bridgehead atoms. The van der Waals surface area contributed by atoms with E-state index in [-0.39, 0.29) is 16.9 Å². The number of hydrogen-bond acceptors (Lipinski definition) is 5. The van der Waals surface area contributed by atoms with Gasteiger partial charge in [0.1, 0.15) is 11.6 Å². The topological polar surface area (TPSA) is 56.3 Å². The number of rotatable bonds is 5. The maximum atomic E-state index is 6.09. The molecule has 1 aromatic heterocycles. The maximum Gasteiger partial charge on any atom is 0.136 e. The van der Waals surface area contributed by atoms with Gasteiger partial charge in [-0.1, -0.05) is 41.5 Å². The quantitative estimate of drug-likeness (QED) is 0.864. The summed E-state index contributed by atoms with van der Waals surface area (Å²) in [5, 5.41) is 3.54. The van der Waals surface area contributed by atoms with E-state index in [4.69, 9.17) is 14.5 Å². The first kappa shape index (κ1) is 20.1. The Morgan fingerprint density at radius 1 is 1.20 bits per heavy atom. The number of hydrogen-bond donors (Lipinski definition) is 1. The second kappa shape index (κ2) is 8.00. The zero-order valence-corrected chi connectivity index (χ0v) is 17.0. The normalized spacial score (nSPS) is 22.0. The third-order valence-corrected chi connectivity index (χ3v) is 4.59. The van der Waals surface area contributed by atoms with Gasteiger partial charge in [0, 0.05) is 37.7 Å². The fourth-order valence-corrected chi connectivity index (χ4v) is 3.39. The zero-order chi connectivity index (χ0) is 18.7. The summed E-state index contributed by atoms with van der Waals surface area (Å²) in [5.41, 5.74) is 0.968. The molecule has 1 aromatic rings. The van der Waals surface area contributed by atoms with Crippen LogP contribution in [0.5, 0.6) is 0 Å². The van der Waals surface area contributed by atoms with Gasteiger partial charge in [-0.3, -0.25) is 0 Å². The molecule has 1 N–H and O–H groups in total. The SMILES string of the molecule is COCc1cc(NCC2CCCOC2C(C)(C)C)nc(C(C)(C)C)n1. The molecular formula is C20H35N3O2. The second-order valence-electron chi connectivity index (χ2n) is 9.19. The summed E-state index contributed by atoms with van der Waals surface area (Å²) >= 11 is 0. The number of aromatic nitrogens is 2. The monoisotopic (exact) mass is 349 g/mol. The van der Waals surface area contributed by atoms with E-state index >= 15 is 0 Å². The summed E-state index contributed by atoms with van der Waals surface area (Å²) in [4.78, 5) is 9.38. The van der Waals surface area contributed by atoms with Crippen molar-refractivity contribution in [3.63, 3.8) is 0 Å². The molecule has 2 atom stereocenters. The van der Waals surface area contributed by atoms with Crippen LogP contribution in [-0.4, -0.2) is 36.3 Å². The summed E-state index contributed by atoms with van der Waals surface area (Å²) in [5.74, 6) is 2.22. The predicted molar refractivity (Wildman–Crippen MR) is 102 cm³/mol. The highest BCUT2D eigenvalue weighted by atomic mass is 16.5. The van der Waals surface area contributed by atoms with Gasteiger partial charge < -0.3 is 14.8 Å². The Morgan fingerprint density at radius 2 is 1.92 bits per heavy atom. The van der Waals surface area contributed by atoms with Gasteiger partial charge in [-0.15, -0.1) is 0 Å². The molecule has 0 aromatic carbocycles. The van der Waals surface area contributed by atoms with Crippen molar-refractivity contribution in [1.29, 1.82) is 0 Å². The third-order valence-electron chi connectivity index (χ3n) is 4.59. The van der Waals surface area contributed by atoms with Crippen LogP contribution in [0.1, 0.15) is 65.9 Å². The van der Waals surface area contributed by atoms with Crippen molar-refractivity contribution >= 4 is 5.82 Å². The molecule has 1 fully saturated rings. The molecule has 2 heterocycles. The van der Waals surface area contributed by atoms with E-state index in [1.165, 1.54) is 6.42 Å². The molecule has 2 rings (SSSR count). The van der Waals surface area contributed by atoms with Gasteiger partial charge in [0.2, 0.25) is 0 Å². The first-order valence-corrected chi connectivity index (χ1v) is 9.34. The summed E-state index contributed by atoms with van der Waals surface area (Å²) in [6, 6.07) is 1.99. The first-order valence-electron chi connectivity index (χ1n) is 9.34. The highest BCUT2D eigenvalue weighted by Crippen LogP contribution is 2.34. The van der Waals surface area contributed by atoms with Crippen LogP contribution in [0, 0.1) is 11.3 Å². The van der Waals surface area contributed by atoms with Crippen molar-refractivity contribution in [3.8, 4) is 0 Å². The van der Waals surface area contributed by atoms with Gasteiger partial charge in [0.15, 0.2) is 0 Å². The Kier molecular flexibility index (Phi) is 6.44. The molecular weight excluding hydrogens is 314 g/mol. The molecule has 1 aliphatic heterocycles. The lowest BCUT2D eigenvalue weighted by molar-refractivity contribution is -0.0814. The van der Waals surface area contributed by atoms with Crippen LogP contribution in [0.25, 0.3) is 0 Å². The van der Waals surface area contributed by atoms with Crippen LogP contribution in [0.15, 0.2) is 6.07 Å². The van der Waals surface area contributed by atoms with Gasteiger partial charge in [0.25, 0.3) is 0 Å². The van der Waals surface area contributed by atoms with Crippen molar-refractivity contribution in [2.75, 3.05) is 25.6 Å². The average Bonchev–Trinajstić information content (AvgIpc) is 2.51. The molecule has 5 heteroatoms. The van der Waals surface area contributed by atoms with Crippen molar-refractivity contribution in [3.05, 3.63) is 17.6 Å². The lowest BCUT2D eigenvalue weighted by Crippen LogP contribution is -2.42. The van der Waals surface area contributed by atoms with E-state index in [9.17, 15) is 0 Å². The predicted octanol–water partition coefficient (Wildman–Crippen LogP) is 4.17. The number of ether oxygens (including phenoxy) is 2. The molecule has 0 aliphatic carbocycles. The van der Waals surface area contributed by atoms with Crippen LogP contribution in [0.3, 0.4) is 0 Å². The molecule has 5 nitrogen and oxygen atoms in total. The second-order valence-corrected chi connectivity index (χ2v) is 9.19. The number of anilines is 1. The lowest BCUT2D eigenvalue weighted by Gasteiger charge is -2.40. The van der Waals surface area contributed by atoms with Crippen molar-refractivity contribution < 1.29 is 9.47 Å². The standard InChI is InChI=1S/C20H35N3O2/c1-19(2,3)17-14(9-8-10-25-17)12-21-16-11-15(13-24-7)22-18(23-16)20(4,5)6/h11,14,17H,8-10,12-13H2,1-7H3,(H,21,22,23). The fraction of sp³-hybridized carbons (Fsp3) is 0.800. The smallest absolute Gasteiger partial charge is 0.136 e. The van der Waals surface area contributed by atoms with Crippen molar-refractivity contribution in [2.45, 2.75) is 72.5 Å². The van der Waals surface area contributed by atoms with E-state index in [1.54, 1.807) is 7.11 Å². The van der Waals surface area contributed by atoms with Gasteiger partial charge in [0.05, 0.1) is 18.4 Å². The van der Waals surface area contributed by atoms with Crippen molar-refractivity contribution in [1.82, 2.24) is 9.97 Å². The van der Waals surface area contributed by atoms with Crippen LogP contribution in [0.2, 0.25) is 0 Å². The van der Waals surface area contributed by atoms with Gasteiger partial charge in [-0.2, -0.15) is 0 Å². The van der Waals surface area contributed by atoms with Crippen molar-refractivity contribution in [2.24, 2.45) is 11.3 Å². The van der Waals surface area contributed by atoms with E-state index in [1.807, 2.05) is 6.07 Å². The number of nitrogens with one attached hydrogen (secondary N) is 1. The Hall–Kier alpha value is -1.20. The summed E-state index contributed by atoms with van der Waals surface area (Å²) < 4.78 is 11.4. The molecule has 0 spiro atoms. The Morgan fingerprint density at radius 3 is 2.52 bits per heavy atom. The number of methoxy groups -OCH3 is 1. The molecule has 25 heavy (non-hydrogen) atoms. The molecule has 0 radical (unpaired) electrons. The van der Waals surface area contributed by atoms with Crippen LogP contribution < -0.4 is 5.32 Å². The zero-order valence-electron chi connectivity index (χ0n) is 17.0. The van der Waals surface area contributed by atoms with E-state index < -0.39 is 0 Å². The first-order chi connectivity index (χ1) is 11.6. The largest absolute Gasteiger partial charge is 0.378 e. The minimum Gasteiger partial charge on any atom is -0.378 e. The number of nitrogens with zero attached hydrogens (tertiary/aromatic N) is 2. The maximum absolute atomic E-state index is 6.09. The molecule has 1 saturated heterocycles. The van der Waals surface area contributed by atoms with Gasteiger partial charge >= 0.3 is 0 Å². The molecule has 142 valence electrons. The van der Waals surface area contributed by atoms with E-state index in [0.717, 1.165) is 36.9 Å². The molecule has 0 saturated carbocycles. The molecule has 2 unspecified atom stereocenters. The van der Waals surface area contributed by atoms with E-state index in [2.05, 4.69) is 51.8 Å². The molecule has 1 aliphatic rings. The summed E-state index contributed by atoms with van der Waals surface area (Å²) in [6.45, 7) is 15.4. The summed E-state index contributed by atoms with van der Waals surface area (Å²) in [7, 11) is 1.69. The fourth-order valence-electron chi connectivity index (χ4n) is 3.39. The van der Waals surface area contributed by atoms with E-state index in [0.29, 0.717) is 12.5 Å². The summed E-state index contributed by atoms with van der Waals surface area (Å²) in [6.07, 6.45) is 2.60. The van der Waals surface area contributed by atoms with Crippen LogP contribution in [-0.2, 0) is 21.5 Å². The van der Waals surface area contributed by atoms with Gasteiger partial charge in [-0.25, -0.2) is 9.97 Å². The average molecular weight is 350 g/mol. The molecule has 0 amide bonds. The Labute approximate surface area is 152 Å². The minimum atomic E-state index is -0.0952.